The Balaban J connectivity index is 0.00000529. The first-order valence-corrected chi connectivity index (χ1v) is 7.64. The molecule has 1 rings (SSSR count). The first kappa shape index (κ1) is 22.4. The van der Waals surface area contributed by atoms with Crippen molar-refractivity contribution in [1.29, 1.82) is 0 Å². The molecule has 0 aromatic carbocycles. The fourth-order valence-corrected chi connectivity index (χ4v) is 1.92. The monoisotopic (exact) mass is 454 g/mol. The van der Waals surface area contributed by atoms with Crippen molar-refractivity contribution in [2.45, 2.75) is 33.2 Å². The number of halogens is 1. The maximum atomic E-state index is 11.8. The molecule has 9 nitrogen and oxygen atoms in total. The Labute approximate surface area is 159 Å². The molecule has 0 bridgehead atoms. The lowest BCUT2D eigenvalue weighted by molar-refractivity contribution is -0.125. The van der Waals surface area contributed by atoms with E-state index in [1.807, 2.05) is 27.7 Å². The second-order valence-corrected chi connectivity index (χ2v) is 6.12. The van der Waals surface area contributed by atoms with Crippen LogP contribution in [0.25, 0.3) is 0 Å². The predicted molar refractivity (Wildman–Crippen MR) is 102 cm³/mol. The van der Waals surface area contributed by atoms with E-state index in [1.165, 1.54) is 0 Å². The van der Waals surface area contributed by atoms with Crippen LogP contribution in [-0.2, 0) is 9.59 Å². The number of urea groups is 1. The molecule has 24 heavy (non-hydrogen) atoms. The Morgan fingerprint density at radius 1 is 1.29 bits per heavy atom. The Morgan fingerprint density at radius 3 is 2.46 bits per heavy atom. The third kappa shape index (κ3) is 8.31. The lowest BCUT2D eigenvalue weighted by atomic mass is 10.1. The third-order valence-electron chi connectivity index (χ3n) is 2.80. The molecule has 4 N–H and O–H groups in total. The number of nitrogens with one attached hydrogen (secondary N) is 4. The number of carbonyl (C=O) groups is 3. The fraction of sp³-hybridized carbons (Fsp3) is 0.714. The van der Waals surface area contributed by atoms with Crippen LogP contribution < -0.4 is 21.3 Å². The molecule has 0 aromatic rings. The summed E-state index contributed by atoms with van der Waals surface area (Å²) in [5, 5.41) is 11.3. The quantitative estimate of drug-likeness (QED) is 0.189. The van der Waals surface area contributed by atoms with Crippen LogP contribution in [0.3, 0.4) is 0 Å². The van der Waals surface area contributed by atoms with Gasteiger partial charge in [-0.2, -0.15) is 0 Å². The Bertz CT molecular complexity index is 473. The van der Waals surface area contributed by atoms with E-state index in [-0.39, 0.29) is 67.0 Å². The molecule has 0 aromatic heterocycles. The highest BCUT2D eigenvalue weighted by Crippen LogP contribution is 1.98. The van der Waals surface area contributed by atoms with Gasteiger partial charge in [0.05, 0.1) is 6.54 Å². The molecular formula is C14H27IN6O3. The molecule has 1 fully saturated rings. The maximum Gasteiger partial charge on any atom is 0.324 e. The van der Waals surface area contributed by atoms with Crippen LogP contribution in [0.1, 0.15) is 27.7 Å². The van der Waals surface area contributed by atoms with Crippen LogP contribution in [0, 0.1) is 0 Å². The van der Waals surface area contributed by atoms with Gasteiger partial charge in [-0.05, 0) is 27.7 Å². The summed E-state index contributed by atoms with van der Waals surface area (Å²) in [7, 11) is 0. The molecule has 1 aliphatic rings. The molecule has 138 valence electrons. The van der Waals surface area contributed by atoms with Crippen molar-refractivity contribution in [3.05, 3.63) is 0 Å². The van der Waals surface area contributed by atoms with Gasteiger partial charge in [-0.3, -0.25) is 14.5 Å². The summed E-state index contributed by atoms with van der Waals surface area (Å²) in [6.07, 6.45) is 0. The number of amides is 4. The van der Waals surface area contributed by atoms with E-state index in [2.05, 4.69) is 26.3 Å². The number of carbonyl (C=O) groups excluding carboxylic acids is 3. The summed E-state index contributed by atoms with van der Waals surface area (Å²) in [5.41, 5.74) is -0.304. The van der Waals surface area contributed by atoms with Crippen molar-refractivity contribution in [3.63, 3.8) is 0 Å². The van der Waals surface area contributed by atoms with Gasteiger partial charge in [0.15, 0.2) is 5.96 Å². The van der Waals surface area contributed by atoms with Gasteiger partial charge in [-0.25, -0.2) is 9.79 Å². The molecule has 0 radical (unpaired) electrons. The zero-order valence-corrected chi connectivity index (χ0v) is 16.9. The zero-order valence-electron chi connectivity index (χ0n) is 14.6. The van der Waals surface area contributed by atoms with E-state index in [0.29, 0.717) is 19.0 Å². The summed E-state index contributed by atoms with van der Waals surface area (Å²) in [5.74, 6) is 0.0377. The molecule has 0 saturated carbocycles. The molecule has 0 unspecified atom stereocenters. The molecule has 0 spiro atoms. The highest BCUT2D eigenvalue weighted by molar-refractivity contribution is 14.0. The van der Waals surface area contributed by atoms with Gasteiger partial charge >= 0.3 is 6.03 Å². The van der Waals surface area contributed by atoms with E-state index >= 15 is 0 Å². The maximum absolute atomic E-state index is 11.8. The minimum absolute atomic E-state index is 0. The number of guanidine groups is 1. The summed E-state index contributed by atoms with van der Waals surface area (Å²) in [6, 6.07) is -0.386. The first-order valence-electron chi connectivity index (χ1n) is 7.64. The zero-order chi connectivity index (χ0) is 17.5. The Morgan fingerprint density at radius 2 is 1.96 bits per heavy atom. The van der Waals surface area contributed by atoms with Crippen molar-refractivity contribution < 1.29 is 14.4 Å². The minimum Gasteiger partial charge on any atom is -0.357 e. The normalized spacial score (nSPS) is 14.8. The van der Waals surface area contributed by atoms with E-state index in [4.69, 9.17) is 0 Å². The van der Waals surface area contributed by atoms with Crippen molar-refractivity contribution in [1.82, 2.24) is 26.2 Å². The van der Waals surface area contributed by atoms with Crippen LogP contribution in [0.5, 0.6) is 0 Å². The highest BCUT2D eigenvalue weighted by atomic mass is 127. The van der Waals surface area contributed by atoms with Crippen LogP contribution in [0.15, 0.2) is 4.99 Å². The average Bonchev–Trinajstić information content (AvgIpc) is 2.74. The van der Waals surface area contributed by atoms with Crippen LogP contribution in [0.2, 0.25) is 0 Å². The van der Waals surface area contributed by atoms with Crippen molar-refractivity contribution >= 4 is 47.8 Å². The predicted octanol–water partition coefficient (Wildman–Crippen LogP) is -0.374. The van der Waals surface area contributed by atoms with Crippen LogP contribution >= 0.6 is 24.0 Å². The number of nitrogens with zero attached hydrogens (tertiary/aromatic N) is 2. The molecule has 1 heterocycles. The minimum atomic E-state index is -0.386. The van der Waals surface area contributed by atoms with Crippen LogP contribution in [0.4, 0.5) is 4.79 Å². The summed E-state index contributed by atoms with van der Waals surface area (Å²) >= 11 is 0. The molecule has 1 saturated heterocycles. The number of rotatable bonds is 6. The molecule has 4 amide bonds. The average molecular weight is 454 g/mol. The molecular weight excluding hydrogens is 427 g/mol. The van der Waals surface area contributed by atoms with Gasteiger partial charge in [0, 0.05) is 25.2 Å². The SMILES string of the molecule is CCNC(=NCC(=O)NC(C)(C)C)NCCN1C(=O)CNC1=O.I. The highest BCUT2D eigenvalue weighted by Gasteiger charge is 2.27. The molecule has 10 heteroatoms. The van der Waals surface area contributed by atoms with E-state index in [0.717, 1.165) is 4.90 Å². The van der Waals surface area contributed by atoms with Crippen molar-refractivity contribution in [2.24, 2.45) is 4.99 Å². The van der Waals surface area contributed by atoms with Crippen molar-refractivity contribution in [3.8, 4) is 0 Å². The topological polar surface area (TPSA) is 115 Å². The summed E-state index contributed by atoms with van der Waals surface area (Å²) in [4.78, 5) is 39.9. The second kappa shape index (κ2) is 10.3. The lowest BCUT2D eigenvalue weighted by Crippen LogP contribution is -2.45. The summed E-state index contributed by atoms with van der Waals surface area (Å²) < 4.78 is 0. The number of hydrogen-bond donors (Lipinski definition) is 4. The van der Waals surface area contributed by atoms with Gasteiger partial charge < -0.3 is 21.3 Å². The fourth-order valence-electron chi connectivity index (χ4n) is 1.92. The van der Waals surface area contributed by atoms with Gasteiger partial charge in [0.25, 0.3) is 0 Å². The van der Waals surface area contributed by atoms with E-state index in [1.54, 1.807) is 0 Å². The Kier molecular flexibility index (Phi) is 9.63. The van der Waals surface area contributed by atoms with E-state index in [9.17, 15) is 14.4 Å². The molecule has 1 aliphatic heterocycles. The van der Waals surface area contributed by atoms with Gasteiger partial charge in [-0.15, -0.1) is 24.0 Å². The summed E-state index contributed by atoms with van der Waals surface area (Å²) in [6.45, 7) is 8.87. The van der Waals surface area contributed by atoms with Gasteiger partial charge in [0.1, 0.15) is 6.54 Å². The smallest absolute Gasteiger partial charge is 0.324 e. The van der Waals surface area contributed by atoms with E-state index < -0.39 is 0 Å². The number of imide groups is 1. The second-order valence-electron chi connectivity index (χ2n) is 6.12. The largest absolute Gasteiger partial charge is 0.357 e. The number of hydrogen-bond acceptors (Lipinski definition) is 4. The van der Waals surface area contributed by atoms with Gasteiger partial charge in [-0.1, -0.05) is 0 Å². The Hall–Kier alpha value is -1.59. The van der Waals surface area contributed by atoms with Crippen molar-refractivity contribution in [2.75, 3.05) is 32.7 Å². The lowest BCUT2D eigenvalue weighted by Gasteiger charge is -2.20. The van der Waals surface area contributed by atoms with Crippen LogP contribution in [-0.4, -0.2) is 67.0 Å². The number of aliphatic imine (C=N–C) groups is 1. The standard InChI is InChI=1S/C14H26N6O3.HI/c1-5-15-12(17-8-10(21)19-14(2,3)4)16-6-7-20-11(22)9-18-13(20)23;/h5-9H2,1-4H3,(H,18,23)(H,19,21)(H2,15,16,17);1H. The first-order chi connectivity index (χ1) is 10.7. The molecule has 0 atom stereocenters. The molecule has 0 aliphatic carbocycles. The van der Waals surface area contributed by atoms with Gasteiger partial charge in [0.2, 0.25) is 11.8 Å². The third-order valence-corrected chi connectivity index (χ3v) is 2.80.